The maximum atomic E-state index is 11.9. The molecule has 0 atom stereocenters. The van der Waals surface area contributed by atoms with Gasteiger partial charge in [0.25, 0.3) is 0 Å². The Kier molecular flexibility index (Phi) is 7.54. The lowest BCUT2D eigenvalue weighted by Gasteiger charge is -2.12. The number of carbonyl (C=O) groups excluding carboxylic acids is 1. The SMILES string of the molecule is COc1cc(/C=C/C(=O)Oc2cccc(Cl)c2)ccc1OCCC(C)C. The summed E-state index contributed by atoms with van der Waals surface area (Å²) in [5.74, 6) is 1.81. The Hall–Kier alpha value is -2.46. The molecule has 2 aromatic rings. The summed E-state index contributed by atoms with van der Waals surface area (Å²) in [4.78, 5) is 11.9. The quantitative estimate of drug-likeness (QED) is 0.353. The van der Waals surface area contributed by atoms with Crippen LogP contribution in [0.3, 0.4) is 0 Å². The van der Waals surface area contributed by atoms with Crippen molar-refractivity contribution in [2.45, 2.75) is 20.3 Å². The minimum Gasteiger partial charge on any atom is -0.493 e. The Balaban J connectivity index is 1.99. The van der Waals surface area contributed by atoms with E-state index >= 15 is 0 Å². The number of rotatable bonds is 8. The summed E-state index contributed by atoms with van der Waals surface area (Å²) < 4.78 is 16.3. The average Bonchev–Trinajstić information content (AvgIpc) is 2.60. The molecule has 138 valence electrons. The number of benzene rings is 2. The molecule has 0 heterocycles. The first-order valence-electron chi connectivity index (χ1n) is 8.44. The van der Waals surface area contributed by atoms with Crippen molar-refractivity contribution in [1.29, 1.82) is 0 Å². The van der Waals surface area contributed by atoms with Crippen LogP contribution in [0.2, 0.25) is 5.02 Å². The van der Waals surface area contributed by atoms with E-state index < -0.39 is 5.97 Å². The molecule has 0 aliphatic carbocycles. The fourth-order valence-corrected chi connectivity index (χ4v) is 2.34. The van der Waals surface area contributed by atoms with Gasteiger partial charge in [0.15, 0.2) is 11.5 Å². The molecule has 4 nitrogen and oxygen atoms in total. The standard InChI is InChI=1S/C21H23ClO4/c1-15(2)11-12-25-19-9-7-16(13-20(19)24-3)8-10-21(23)26-18-6-4-5-17(22)14-18/h4-10,13-15H,11-12H2,1-3H3/b10-8+. The summed E-state index contributed by atoms with van der Waals surface area (Å²) in [6, 6.07) is 12.2. The van der Waals surface area contributed by atoms with Gasteiger partial charge < -0.3 is 14.2 Å². The highest BCUT2D eigenvalue weighted by molar-refractivity contribution is 6.30. The summed E-state index contributed by atoms with van der Waals surface area (Å²) in [5.41, 5.74) is 0.807. The molecule has 0 fully saturated rings. The molecule has 0 aromatic heterocycles. The van der Waals surface area contributed by atoms with Gasteiger partial charge in [-0.1, -0.05) is 37.6 Å². The van der Waals surface area contributed by atoms with Gasteiger partial charge in [-0.15, -0.1) is 0 Å². The fourth-order valence-electron chi connectivity index (χ4n) is 2.16. The summed E-state index contributed by atoms with van der Waals surface area (Å²) in [6.45, 7) is 4.93. The maximum Gasteiger partial charge on any atom is 0.336 e. The molecule has 26 heavy (non-hydrogen) atoms. The lowest BCUT2D eigenvalue weighted by Crippen LogP contribution is -2.03. The Morgan fingerprint density at radius 3 is 2.65 bits per heavy atom. The van der Waals surface area contributed by atoms with Gasteiger partial charge in [-0.05, 0) is 54.3 Å². The molecule has 2 aromatic carbocycles. The molecule has 0 aliphatic heterocycles. The highest BCUT2D eigenvalue weighted by Crippen LogP contribution is 2.29. The van der Waals surface area contributed by atoms with E-state index in [0.717, 1.165) is 12.0 Å². The highest BCUT2D eigenvalue weighted by Gasteiger charge is 2.06. The van der Waals surface area contributed by atoms with Crippen LogP contribution in [0.5, 0.6) is 17.2 Å². The number of carbonyl (C=O) groups is 1. The first kappa shape index (κ1) is 19.9. The molecule has 0 saturated heterocycles. The predicted octanol–water partition coefficient (Wildman–Crippen LogP) is 5.39. The molecule has 0 aliphatic rings. The summed E-state index contributed by atoms with van der Waals surface area (Å²) in [6.07, 6.45) is 3.99. The van der Waals surface area contributed by atoms with Crippen molar-refractivity contribution in [2.24, 2.45) is 5.92 Å². The average molecular weight is 375 g/mol. The van der Waals surface area contributed by atoms with E-state index in [1.54, 1.807) is 37.5 Å². The van der Waals surface area contributed by atoms with Crippen molar-refractivity contribution in [1.82, 2.24) is 0 Å². The van der Waals surface area contributed by atoms with Crippen LogP contribution in [0.15, 0.2) is 48.5 Å². The van der Waals surface area contributed by atoms with Crippen LogP contribution in [0.1, 0.15) is 25.8 Å². The van der Waals surface area contributed by atoms with Gasteiger partial charge in [0.05, 0.1) is 13.7 Å². The third kappa shape index (κ3) is 6.45. The molecule has 0 radical (unpaired) electrons. The second-order valence-corrected chi connectivity index (χ2v) is 6.59. The van der Waals surface area contributed by atoms with E-state index in [-0.39, 0.29) is 0 Å². The van der Waals surface area contributed by atoms with E-state index in [4.69, 9.17) is 25.8 Å². The smallest absolute Gasteiger partial charge is 0.336 e. The van der Waals surface area contributed by atoms with Crippen molar-refractivity contribution in [2.75, 3.05) is 13.7 Å². The molecule has 0 saturated carbocycles. The molecule has 0 N–H and O–H groups in total. The van der Waals surface area contributed by atoms with Crippen molar-refractivity contribution in [3.05, 3.63) is 59.1 Å². The lowest BCUT2D eigenvalue weighted by molar-refractivity contribution is -0.128. The van der Waals surface area contributed by atoms with Crippen molar-refractivity contribution in [3.63, 3.8) is 0 Å². The van der Waals surface area contributed by atoms with Crippen LogP contribution < -0.4 is 14.2 Å². The topological polar surface area (TPSA) is 44.8 Å². The number of hydrogen-bond donors (Lipinski definition) is 0. The lowest BCUT2D eigenvalue weighted by atomic mass is 10.1. The zero-order chi connectivity index (χ0) is 18.9. The number of esters is 1. The molecule has 0 spiro atoms. The first-order valence-corrected chi connectivity index (χ1v) is 8.82. The van der Waals surface area contributed by atoms with Crippen LogP contribution in [0, 0.1) is 5.92 Å². The van der Waals surface area contributed by atoms with Crippen LogP contribution in [0.25, 0.3) is 6.08 Å². The largest absolute Gasteiger partial charge is 0.493 e. The van der Waals surface area contributed by atoms with Gasteiger partial charge in [0.2, 0.25) is 0 Å². The van der Waals surface area contributed by atoms with Crippen LogP contribution in [-0.2, 0) is 4.79 Å². The zero-order valence-corrected chi connectivity index (χ0v) is 16.0. The monoisotopic (exact) mass is 374 g/mol. The summed E-state index contributed by atoms with van der Waals surface area (Å²) >= 11 is 5.87. The summed E-state index contributed by atoms with van der Waals surface area (Å²) in [5, 5.41) is 0.511. The second kappa shape index (κ2) is 9.88. The Bertz CT molecular complexity index is 768. The van der Waals surface area contributed by atoms with Crippen molar-refractivity contribution >= 4 is 23.6 Å². The number of ether oxygens (including phenoxy) is 3. The van der Waals surface area contributed by atoms with E-state index in [1.807, 2.05) is 18.2 Å². The zero-order valence-electron chi connectivity index (χ0n) is 15.2. The van der Waals surface area contributed by atoms with Gasteiger partial charge in [-0.25, -0.2) is 4.79 Å². The van der Waals surface area contributed by atoms with E-state index in [2.05, 4.69) is 13.8 Å². The fraction of sp³-hybridized carbons (Fsp3) is 0.286. The number of methoxy groups -OCH3 is 1. The molecule has 0 unspecified atom stereocenters. The molecular weight excluding hydrogens is 352 g/mol. The second-order valence-electron chi connectivity index (χ2n) is 6.15. The Morgan fingerprint density at radius 1 is 1.15 bits per heavy atom. The van der Waals surface area contributed by atoms with Gasteiger partial charge in [0, 0.05) is 11.1 Å². The maximum absolute atomic E-state index is 11.9. The predicted molar refractivity (Wildman–Crippen MR) is 104 cm³/mol. The molecule has 5 heteroatoms. The van der Waals surface area contributed by atoms with Gasteiger partial charge in [-0.2, -0.15) is 0 Å². The molecular formula is C21H23ClO4. The van der Waals surface area contributed by atoms with E-state index in [9.17, 15) is 4.79 Å². The summed E-state index contributed by atoms with van der Waals surface area (Å²) in [7, 11) is 1.59. The van der Waals surface area contributed by atoms with Crippen molar-refractivity contribution < 1.29 is 19.0 Å². The van der Waals surface area contributed by atoms with Crippen LogP contribution in [-0.4, -0.2) is 19.7 Å². The van der Waals surface area contributed by atoms with Gasteiger partial charge >= 0.3 is 5.97 Å². The van der Waals surface area contributed by atoms with Crippen molar-refractivity contribution in [3.8, 4) is 17.2 Å². The molecule has 0 amide bonds. The highest BCUT2D eigenvalue weighted by atomic mass is 35.5. The third-order valence-electron chi connectivity index (χ3n) is 3.57. The van der Waals surface area contributed by atoms with Gasteiger partial charge in [0.1, 0.15) is 5.75 Å². The van der Waals surface area contributed by atoms with E-state index in [1.165, 1.54) is 6.08 Å². The van der Waals surface area contributed by atoms with E-state index in [0.29, 0.717) is 34.8 Å². The normalized spacial score (nSPS) is 11.0. The Labute approximate surface area is 159 Å². The van der Waals surface area contributed by atoms with Gasteiger partial charge in [-0.3, -0.25) is 0 Å². The number of halogens is 1. The third-order valence-corrected chi connectivity index (χ3v) is 3.80. The van der Waals surface area contributed by atoms with Crippen LogP contribution in [0.4, 0.5) is 0 Å². The minimum absolute atomic E-state index is 0.402. The molecule has 0 bridgehead atoms. The minimum atomic E-state index is -0.483. The molecule has 2 rings (SSSR count). The number of hydrogen-bond acceptors (Lipinski definition) is 4. The first-order chi connectivity index (χ1) is 12.5. The van der Waals surface area contributed by atoms with Crippen LogP contribution >= 0.6 is 11.6 Å². The Morgan fingerprint density at radius 2 is 1.96 bits per heavy atom.